The van der Waals surface area contributed by atoms with Crippen molar-refractivity contribution in [2.24, 2.45) is 0 Å². The van der Waals surface area contributed by atoms with Gasteiger partial charge in [-0.2, -0.15) is 0 Å². The van der Waals surface area contributed by atoms with Crippen molar-refractivity contribution < 1.29 is 14.3 Å². The Bertz CT molecular complexity index is 657. The molecule has 7 heteroatoms. The molecule has 1 N–H and O–H groups in total. The topological polar surface area (TPSA) is 61.9 Å². The first-order valence-electron chi connectivity index (χ1n) is 9.55. The number of thioether (sulfide) groups is 1. The van der Waals surface area contributed by atoms with Crippen LogP contribution in [0, 0.1) is 0 Å². The van der Waals surface area contributed by atoms with Crippen molar-refractivity contribution in [2.45, 2.75) is 30.2 Å². The second-order valence-corrected chi connectivity index (χ2v) is 8.48. The number of nitrogens with one attached hydrogen (secondary N) is 1. The molecule has 2 saturated heterocycles. The van der Waals surface area contributed by atoms with Crippen LogP contribution in [-0.4, -0.2) is 73.8 Å². The SMILES string of the molecule is COCCCN(C)CCNC(=O)C1CSC2(c3ccccc3)CCC(=O)N12. The fraction of sp³-hybridized carbons (Fsp3) is 0.600. The number of fused-ring (bicyclic) bond motifs is 1. The first-order valence-corrected chi connectivity index (χ1v) is 10.5. The minimum Gasteiger partial charge on any atom is -0.385 e. The van der Waals surface area contributed by atoms with E-state index in [4.69, 9.17) is 4.74 Å². The van der Waals surface area contributed by atoms with E-state index >= 15 is 0 Å². The van der Waals surface area contributed by atoms with Crippen LogP contribution in [0.5, 0.6) is 0 Å². The summed E-state index contributed by atoms with van der Waals surface area (Å²) in [4.78, 5) is 29.0. The Kier molecular flexibility index (Phi) is 6.78. The summed E-state index contributed by atoms with van der Waals surface area (Å²) < 4.78 is 5.06. The first-order chi connectivity index (χ1) is 13.1. The molecule has 2 atom stereocenters. The molecule has 2 aliphatic heterocycles. The lowest BCUT2D eigenvalue weighted by atomic mass is 10.0. The predicted molar refractivity (Wildman–Crippen MR) is 107 cm³/mol. The maximum atomic E-state index is 12.8. The zero-order valence-corrected chi connectivity index (χ0v) is 17.0. The number of benzene rings is 1. The summed E-state index contributed by atoms with van der Waals surface area (Å²) in [5, 5.41) is 3.03. The molecule has 6 nitrogen and oxygen atoms in total. The van der Waals surface area contributed by atoms with Crippen LogP contribution in [0.15, 0.2) is 30.3 Å². The van der Waals surface area contributed by atoms with Crippen molar-refractivity contribution in [3.63, 3.8) is 0 Å². The summed E-state index contributed by atoms with van der Waals surface area (Å²) >= 11 is 1.73. The number of amides is 2. The molecule has 0 spiro atoms. The molecular weight excluding hydrogens is 362 g/mol. The normalized spacial score (nSPS) is 24.5. The van der Waals surface area contributed by atoms with Crippen molar-refractivity contribution in [1.29, 1.82) is 0 Å². The van der Waals surface area contributed by atoms with Gasteiger partial charge in [-0.25, -0.2) is 0 Å². The van der Waals surface area contributed by atoms with Gasteiger partial charge in [-0.05, 0) is 25.5 Å². The number of nitrogens with zero attached hydrogens (tertiary/aromatic N) is 2. The van der Waals surface area contributed by atoms with Crippen LogP contribution < -0.4 is 5.32 Å². The van der Waals surface area contributed by atoms with Crippen LogP contribution in [0.2, 0.25) is 0 Å². The molecule has 0 bridgehead atoms. The number of carbonyl (C=O) groups is 2. The van der Waals surface area contributed by atoms with Gasteiger partial charge in [-0.3, -0.25) is 9.59 Å². The predicted octanol–water partition coefficient (Wildman–Crippen LogP) is 1.66. The molecule has 2 heterocycles. The highest BCUT2D eigenvalue weighted by atomic mass is 32.2. The van der Waals surface area contributed by atoms with Crippen molar-refractivity contribution in [2.75, 3.05) is 46.2 Å². The summed E-state index contributed by atoms with van der Waals surface area (Å²) in [6, 6.07) is 9.72. The Morgan fingerprint density at radius 1 is 1.37 bits per heavy atom. The third-order valence-corrected chi connectivity index (χ3v) is 6.93. The van der Waals surface area contributed by atoms with E-state index in [-0.39, 0.29) is 22.7 Å². The highest BCUT2D eigenvalue weighted by Gasteiger charge is 2.56. The summed E-state index contributed by atoms with van der Waals surface area (Å²) in [6.45, 7) is 3.05. The van der Waals surface area contributed by atoms with Gasteiger partial charge in [0.15, 0.2) is 0 Å². The number of methoxy groups -OCH3 is 1. The van der Waals surface area contributed by atoms with Crippen LogP contribution in [0.4, 0.5) is 0 Å². The Morgan fingerprint density at radius 3 is 2.89 bits per heavy atom. The number of carbonyl (C=O) groups excluding carboxylic acids is 2. The molecule has 27 heavy (non-hydrogen) atoms. The second kappa shape index (κ2) is 9.08. The van der Waals surface area contributed by atoms with Crippen LogP contribution in [0.3, 0.4) is 0 Å². The van der Waals surface area contributed by atoms with Gasteiger partial charge in [0, 0.05) is 45.5 Å². The van der Waals surface area contributed by atoms with Gasteiger partial charge in [0.25, 0.3) is 0 Å². The van der Waals surface area contributed by atoms with E-state index < -0.39 is 0 Å². The largest absolute Gasteiger partial charge is 0.385 e. The molecule has 0 aromatic heterocycles. The molecule has 0 aliphatic carbocycles. The summed E-state index contributed by atoms with van der Waals surface area (Å²) in [5.74, 6) is 0.692. The number of hydrogen-bond donors (Lipinski definition) is 1. The number of rotatable bonds is 9. The quantitative estimate of drug-likeness (QED) is 0.649. The van der Waals surface area contributed by atoms with E-state index in [2.05, 4.69) is 22.3 Å². The van der Waals surface area contributed by atoms with E-state index in [9.17, 15) is 9.59 Å². The molecule has 2 aliphatic rings. The average molecular weight is 392 g/mol. The van der Waals surface area contributed by atoms with Gasteiger partial charge in [0.2, 0.25) is 11.8 Å². The molecule has 3 rings (SSSR count). The Balaban J connectivity index is 1.58. The zero-order chi connectivity index (χ0) is 19.3. The molecule has 2 fully saturated rings. The van der Waals surface area contributed by atoms with Crippen LogP contribution in [-0.2, 0) is 19.2 Å². The maximum absolute atomic E-state index is 12.8. The molecule has 2 amide bonds. The number of ether oxygens (including phenoxy) is 1. The maximum Gasteiger partial charge on any atom is 0.243 e. The summed E-state index contributed by atoms with van der Waals surface area (Å²) in [7, 11) is 3.74. The van der Waals surface area contributed by atoms with E-state index in [1.54, 1.807) is 18.9 Å². The van der Waals surface area contributed by atoms with E-state index in [0.29, 0.717) is 18.7 Å². The number of hydrogen-bond acceptors (Lipinski definition) is 5. The molecule has 1 aromatic carbocycles. The molecule has 0 saturated carbocycles. The fourth-order valence-corrected chi connectivity index (χ4v) is 5.57. The second-order valence-electron chi connectivity index (χ2n) is 7.18. The van der Waals surface area contributed by atoms with Crippen molar-refractivity contribution in [1.82, 2.24) is 15.1 Å². The lowest BCUT2D eigenvalue weighted by Crippen LogP contribution is -2.50. The zero-order valence-electron chi connectivity index (χ0n) is 16.1. The fourth-order valence-electron chi connectivity index (χ4n) is 3.91. The smallest absolute Gasteiger partial charge is 0.243 e. The van der Waals surface area contributed by atoms with Gasteiger partial charge < -0.3 is 19.9 Å². The lowest BCUT2D eigenvalue weighted by molar-refractivity contribution is -0.138. The molecule has 1 aromatic rings. The Hall–Kier alpha value is -1.57. The van der Waals surface area contributed by atoms with Gasteiger partial charge in [0.1, 0.15) is 10.9 Å². The summed E-state index contributed by atoms with van der Waals surface area (Å²) in [6.07, 6.45) is 2.25. The van der Waals surface area contributed by atoms with Crippen molar-refractivity contribution in [3.8, 4) is 0 Å². The lowest BCUT2D eigenvalue weighted by Gasteiger charge is -2.34. The van der Waals surface area contributed by atoms with Gasteiger partial charge in [0.05, 0.1) is 0 Å². The van der Waals surface area contributed by atoms with Crippen LogP contribution >= 0.6 is 11.8 Å². The summed E-state index contributed by atoms with van der Waals surface area (Å²) in [5.41, 5.74) is 1.12. The minimum absolute atomic E-state index is 0.0409. The van der Waals surface area contributed by atoms with E-state index in [0.717, 1.165) is 38.1 Å². The molecule has 2 unspecified atom stereocenters. The van der Waals surface area contributed by atoms with Crippen LogP contribution in [0.25, 0.3) is 0 Å². The average Bonchev–Trinajstić information content (AvgIpc) is 3.22. The highest BCUT2D eigenvalue weighted by molar-refractivity contribution is 8.00. The standard InChI is InChI=1S/C20H29N3O3S/c1-22(12-6-14-26-2)13-11-21-19(25)17-15-27-20(10-9-18(24)23(17)20)16-7-4-3-5-8-16/h3-5,7-8,17H,6,9-15H2,1-2H3,(H,21,25). The van der Waals surface area contributed by atoms with Gasteiger partial charge >= 0.3 is 0 Å². The number of likely N-dealkylation sites (N-methyl/N-ethyl adjacent to an activating group) is 1. The Morgan fingerprint density at radius 2 is 2.15 bits per heavy atom. The van der Waals surface area contributed by atoms with E-state index in [1.807, 2.05) is 30.1 Å². The first kappa shape index (κ1) is 20.2. The van der Waals surface area contributed by atoms with Crippen LogP contribution in [0.1, 0.15) is 24.8 Å². The van der Waals surface area contributed by atoms with E-state index in [1.165, 1.54) is 0 Å². The highest BCUT2D eigenvalue weighted by Crippen LogP contribution is 2.54. The van der Waals surface area contributed by atoms with Gasteiger partial charge in [-0.1, -0.05) is 30.3 Å². The van der Waals surface area contributed by atoms with Crippen molar-refractivity contribution in [3.05, 3.63) is 35.9 Å². The third-order valence-electron chi connectivity index (χ3n) is 5.34. The molecule has 0 radical (unpaired) electrons. The minimum atomic E-state index is -0.385. The monoisotopic (exact) mass is 391 g/mol. The van der Waals surface area contributed by atoms with Crippen molar-refractivity contribution >= 4 is 23.6 Å². The third kappa shape index (κ3) is 4.31. The Labute approximate surface area is 165 Å². The molecule has 148 valence electrons. The van der Waals surface area contributed by atoms with Gasteiger partial charge in [-0.15, -0.1) is 11.8 Å². The molecular formula is C20H29N3O3S.